The number of fused-ring (bicyclic) bond motifs is 1. The zero-order valence-electron chi connectivity index (χ0n) is 14.4. The minimum atomic E-state index is -0.896. The molecule has 1 aliphatic rings. The summed E-state index contributed by atoms with van der Waals surface area (Å²) in [5.74, 6) is -1.08. The van der Waals surface area contributed by atoms with E-state index in [2.05, 4.69) is 41.8 Å². The lowest BCUT2D eigenvalue weighted by molar-refractivity contribution is -0.115. The number of aromatic nitrogens is 2. The number of hydrogen-bond acceptors (Lipinski definition) is 5. The molecule has 0 spiro atoms. The molecule has 0 bridgehead atoms. The van der Waals surface area contributed by atoms with Gasteiger partial charge >= 0.3 is 0 Å². The lowest BCUT2D eigenvalue weighted by Crippen LogP contribution is -2.07. The number of carbonyl (C=O) groups excluding carboxylic acids is 1. The van der Waals surface area contributed by atoms with E-state index in [1.165, 1.54) is 12.1 Å². The van der Waals surface area contributed by atoms with Gasteiger partial charge in [-0.1, -0.05) is 18.2 Å². The summed E-state index contributed by atoms with van der Waals surface area (Å²) in [6.45, 7) is 0.0591. The molecule has 2 heterocycles. The molecule has 28 heavy (non-hydrogen) atoms. The van der Waals surface area contributed by atoms with E-state index in [9.17, 15) is 13.6 Å². The Hall–Kier alpha value is -3.07. The van der Waals surface area contributed by atoms with Gasteiger partial charge in [0.2, 0.25) is 11.9 Å². The summed E-state index contributed by atoms with van der Waals surface area (Å²) in [4.78, 5) is 20.0. The Kier molecular flexibility index (Phi) is 4.91. The molecule has 3 N–H and O–H groups in total. The standard InChI is InChI=1S/C19H14BrF2N5O/c20-13-9-24-19(25-12-5-4-10-6-16(28)26-15(10)7-12)27-18(13)23-8-11-2-1-3-14(21)17(11)22/h1-5,7,9H,6,8H2,(H,26,28)(H2,23,24,25,27). The fraction of sp³-hybridized carbons (Fsp3) is 0.105. The number of benzene rings is 2. The zero-order chi connectivity index (χ0) is 19.7. The normalized spacial score (nSPS) is 12.5. The molecule has 0 saturated heterocycles. The van der Waals surface area contributed by atoms with Gasteiger partial charge in [-0.3, -0.25) is 4.79 Å². The first-order valence-electron chi connectivity index (χ1n) is 8.39. The Morgan fingerprint density at radius 2 is 2.07 bits per heavy atom. The number of carbonyl (C=O) groups is 1. The van der Waals surface area contributed by atoms with Crippen LogP contribution in [0.15, 0.2) is 47.1 Å². The molecule has 3 aromatic rings. The van der Waals surface area contributed by atoms with Gasteiger partial charge < -0.3 is 16.0 Å². The van der Waals surface area contributed by atoms with E-state index in [-0.39, 0.29) is 18.0 Å². The average molecular weight is 446 g/mol. The number of amides is 1. The summed E-state index contributed by atoms with van der Waals surface area (Å²) in [5.41, 5.74) is 2.60. The van der Waals surface area contributed by atoms with Gasteiger partial charge in [-0.25, -0.2) is 13.8 Å². The van der Waals surface area contributed by atoms with Gasteiger partial charge in [0.1, 0.15) is 5.82 Å². The zero-order valence-corrected chi connectivity index (χ0v) is 16.0. The minimum Gasteiger partial charge on any atom is -0.365 e. The van der Waals surface area contributed by atoms with Crippen LogP contribution in [0.1, 0.15) is 11.1 Å². The fourth-order valence-electron chi connectivity index (χ4n) is 2.84. The van der Waals surface area contributed by atoms with Crippen molar-refractivity contribution in [2.75, 3.05) is 16.0 Å². The van der Waals surface area contributed by atoms with E-state index in [0.29, 0.717) is 28.3 Å². The van der Waals surface area contributed by atoms with Crippen molar-refractivity contribution < 1.29 is 13.6 Å². The lowest BCUT2D eigenvalue weighted by atomic mass is 10.1. The van der Waals surface area contributed by atoms with E-state index < -0.39 is 11.6 Å². The van der Waals surface area contributed by atoms with Crippen LogP contribution in [0.2, 0.25) is 0 Å². The quantitative estimate of drug-likeness (QED) is 0.543. The summed E-state index contributed by atoms with van der Waals surface area (Å²) in [7, 11) is 0. The second-order valence-corrected chi connectivity index (χ2v) is 7.03. The smallest absolute Gasteiger partial charge is 0.229 e. The van der Waals surface area contributed by atoms with Crippen molar-refractivity contribution in [3.63, 3.8) is 0 Å². The number of rotatable bonds is 5. The first-order chi connectivity index (χ1) is 13.5. The minimum absolute atomic E-state index is 0.0388. The number of nitrogens with zero attached hydrogens (tertiary/aromatic N) is 2. The third-order valence-electron chi connectivity index (χ3n) is 4.21. The molecule has 9 heteroatoms. The Morgan fingerprint density at radius 3 is 2.93 bits per heavy atom. The maximum Gasteiger partial charge on any atom is 0.229 e. The summed E-state index contributed by atoms with van der Waals surface area (Å²) >= 11 is 3.34. The molecular weight excluding hydrogens is 432 g/mol. The largest absolute Gasteiger partial charge is 0.365 e. The van der Waals surface area contributed by atoms with Crippen LogP contribution in [0.3, 0.4) is 0 Å². The molecule has 0 aliphatic carbocycles. The Labute approximate surface area is 167 Å². The molecule has 142 valence electrons. The monoisotopic (exact) mass is 445 g/mol. The molecule has 0 atom stereocenters. The van der Waals surface area contributed by atoms with Crippen molar-refractivity contribution in [2.24, 2.45) is 0 Å². The molecule has 0 unspecified atom stereocenters. The van der Waals surface area contributed by atoms with Crippen LogP contribution in [0, 0.1) is 11.6 Å². The van der Waals surface area contributed by atoms with Gasteiger partial charge in [-0.2, -0.15) is 4.98 Å². The van der Waals surface area contributed by atoms with Gasteiger partial charge in [0, 0.05) is 29.7 Å². The second-order valence-electron chi connectivity index (χ2n) is 6.18. The lowest BCUT2D eigenvalue weighted by Gasteiger charge is -2.11. The Bertz CT molecular complexity index is 1080. The van der Waals surface area contributed by atoms with Crippen LogP contribution in [0.5, 0.6) is 0 Å². The van der Waals surface area contributed by atoms with Crippen molar-refractivity contribution in [1.29, 1.82) is 0 Å². The topological polar surface area (TPSA) is 78.9 Å². The molecule has 0 radical (unpaired) electrons. The van der Waals surface area contributed by atoms with E-state index in [0.717, 1.165) is 17.3 Å². The Morgan fingerprint density at radius 1 is 1.21 bits per heavy atom. The number of anilines is 4. The highest BCUT2D eigenvalue weighted by Crippen LogP contribution is 2.28. The molecule has 6 nitrogen and oxygen atoms in total. The highest BCUT2D eigenvalue weighted by atomic mass is 79.9. The number of halogens is 3. The van der Waals surface area contributed by atoms with Crippen molar-refractivity contribution in [3.05, 3.63) is 69.8 Å². The molecule has 0 fully saturated rings. The maximum absolute atomic E-state index is 13.8. The molecular formula is C19H14BrF2N5O. The molecule has 1 aliphatic heterocycles. The molecule has 1 amide bonds. The third kappa shape index (κ3) is 3.79. The predicted octanol–water partition coefficient (Wildman–Crippen LogP) is 4.37. The van der Waals surface area contributed by atoms with Gasteiger partial charge in [-0.05, 0) is 39.7 Å². The summed E-state index contributed by atoms with van der Waals surface area (Å²) in [5, 5.41) is 8.82. The summed E-state index contributed by atoms with van der Waals surface area (Å²) in [6.07, 6.45) is 1.92. The van der Waals surface area contributed by atoms with Crippen molar-refractivity contribution >= 4 is 45.0 Å². The second kappa shape index (κ2) is 7.51. The van der Waals surface area contributed by atoms with Gasteiger partial charge in [-0.15, -0.1) is 0 Å². The average Bonchev–Trinajstić information content (AvgIpc) is 3.04. The predicted molar refractivity (Wildman–Crippen MR) is 105 cm³/mol. The van der Waals surface area contributed by atoms with Crippen LogP contribution in [-0.2, 0) is 17.8 Å². The fourth-order valence-corrected chi connectivity index (χ4v) is 3.17. The molecule has 2 aromatic carbocycles. The summed E-state index contributed by atoms with van der Waals surface area (Å²) in [6, 6.07) is 9.52. The number of hydrogen-bond donors (Lipinski definition) is 3. The van der Waals surface area contributed by atoms with E-state index in [4.69, 9.17) is 0 Å². The first kappa shape index (κ1) is 18.3. The number of nitrogens with one attached hydrogen (secondary N) is 3. The third-order valence-corrected chi connectivity index (χ3v) is 4.79. The molecule has 4 rings (SSSR count). The molecule has 1 aromatic heterocycles. The van der Waals surface area contributed by atoms with Crippen molar-refractivity contribution in [1.82, 2.24) is 9.97 Å². The van der Waals surface area contributed by atoms with Crippen LogP contribution in [0.4, 0.5) is 31.9 Å². The van der Waals surface area contributed by atoms with Crippen LogP contribution < -0.4 is 16.0 Å². The van der Waals surface area contributed by atoms with Crippen LogP contribution >= 0.6 is 15.9 Å². The van der Waals surface area contributed by atoms with E-state index >= 15 is 0 Å². The highest BCUT2D eigenvalue weighted by molar-refractivity contribution is 9.10. The first-order valence-corrected chi connectivity index (χ1v) is 9.18. The van der Waals surface area contributed by atoms with Gasteiger partial charge in [0.05, 0.1) is 10.9 Å². The van der Waals surface area contributed by atoms with Crippen LogP contribution in [0.25, 0.3) is 0 Å². The van der Waals surface area contributed by atoms with Gasteiger partial charge in [0.25, 0.3) is 0 Å². The summed E-state index contributed by atoms with van der Waals surface area (Å²) < 4.78 is 27.7. The molecule has 0 saturated carbocycles. The van der Waals surface area contributed by atoms with Crippen LogP contribution in [-0.4, -0.2) is 15.9 Å². The SMILES string of the molecule is O=C1Cc2ccc(Nc3ncc(Br)c(NCc4cccc(F)c4F)n3)cc2N1. The highest BCUT2D eigenvalue weighted by Gasteiger charge is 2.17. The van der Waals surface area contributed by atoms with E-state index in [1.807, 2.05) is 12.1 Å². The van der Waals surface area contributed by atoms with Crippen molar-refractivity contribution in [2.45, 2.75) is 13.0 Å². The Balaban J connectivity index is 1.50. The van der Waals surface area contributed by atoms with Crippen molar-refractivity contribution in [3.8, 4) is 0 Å². The van der Waals surface area contributed by atoms with Gasteiger partial charge in [0.15, 0.2) is 11.6 Å². The maximum atomic E-state index is 13.8. The van der Waals surface area contributed by atoms with E-state index in [1.54, 1.807) is 12.3 Å².